The van der Waals surface area contributed by atoms with Gasteiger partial charge in [0.15, 0.2) is 0 Å². The number of anilines is 2. The van der Waals surface area contributed by atoms with E-state index in [-0.39, 0.29) is 4.90 Å². The normalized spacial score (nSPS) is 15.8. The standard InChI is InChI=1S/C12H8NO2S/c14-16(15)11-7-3-1-5-9(11)13-10-6-2-4-8-12(10)16/h1-5,7-8,13H. The lowest BCUT2D eigenvalue weighted by molar-refractivity contribution is 0.596. The van der Waals surface area contributed by atoms with Crippen molar-refractivity contribution in [2.45, 2.75) is 9.79 Å². The summed E-state index contributed by atoms with van der Waals surface area (Å²) < 4.78 is 24.5. The first-order valence-corrected chi connectivity index (χ1v) is 6.30. The third kappa shape index (κ3) is 1.17. The molecule has 0 saturated heterocycles. The van der Waals surface area contributed by atoms with Gasteiger partial charge in [-0.05, 0) is 18.2 Å². The number of benzene rings is 2. The first-order chi connectivity index (χ1) is 7.69. The SMILES string of the molecule is O=S1(=O)c2ccc[c]c2Nc2ccccc21. The molecule has 0 bridgehead atoms. The first-order valence-electron chi connectivity index (χ1n) is 4.81. The highest BCUT2D eigenvalue weighted by atomic mass is 32.2. The van der Waals surface area contributed by atoms with Crippen molar-refractivity contribution < 1.29 is 8.42 Å². The van der Waals surface area contributed by atoms with E-state index in [0.717, 1.165) is 0 Å². The van der Waals surface area contributed by atoms with Crippen LogP contribution in [0.4, 0.5) is 11.4 Å². The highest BCUT2D eigenvalue weighted by Crippen LogP contribution is 2.38. The summed E-state index contributed by atoms with van der Waals surface area (Å²) in [7, 11) is -3.40. The molecule has 1 aliphatic heterocycles. The predicted octanol–water partition coefficient (Wildman–Crippen LogP) is 2.38. The van der Waals surface area contributed by atoms with Crippen LogP contribution in [-0.2, 0) is 9.84 Å². The molecule has 0 aromatic heterocycles. The minimum absolute atomic E-state index is 0.286. The fourth-order valence-corrected chi connectivity index (χ4v) is 3.34. The minimum Gasteiger partial charge on any atom is -0.353 e. The Morgan fingerprint density at radius 2 is 1.75 bits per heavy atom. The van der Waals surface area contributed by atoms with Gasteiger partial charge in [-0.2, -0.15) is 0 Å². The Kier molecular flexibility index (Phi) is 1.82. The van der Waals surface area contributed by atoms with Crippen LogP contribution in [-0.4, -0.2) is 8.42 Å². The molecule has 0 saturated carbocycles. The first kappa shape index (κ1) is 9.42. The Balaban J connectivity index is 2.37. The molecule has 3 rings (SSSR count). The van der Waals surface area contributed by atoms with Gasteiger partial charge < -0.3 is 5.32 Å². The predicted molar refractivity (Wildman–Crippen MR) is 60.5 cm³/mol. The molecule has 0 fully saturated rings. The monoisotopic (exact) mass is 230 g/mol. The second-order valence-corrected chi connectivity index (χ2v) is 5.42. The van der Waals surface area contributed by atoms with Crippen LogP contribution in [0.15, 0.2) is 52.3 Å². The maximum atomic E-state index is 12.2. The van der Waals surface area contributed by atoms with Gasteiger partial charge in [0.2, 0.25) is 9.84 Å². The maximum Gasteiger partial charge on any atom is 0.210 e. The van der Waals surface area contributed by atoms with Crippen molar-refractivity contribution in [3.8, 4) is 0 Å². The second kappa shape index (κ2) is 3.09. The van der Waals surface area contributed by atoms with E-state index in [1.807, 2.05) is 0 Å². The topological polar surface area (TPSA) is 46.2 Å². The molecular weight excluding hydrogens is 222 g/mol. The molecule has 0 spiro atoms. The Morgan fingerprint density at radius 3 is 2.62 bits per heavy atom. The molecule has 1 N–H and O–H groups in total. The number of para-hydroxylation sites is 2. The number of fused-ring (bicyclic) bond motifs is 2. The Bertz CT molecular complexity index is 611. The summed E-state index contributed by atoms with van der Waals surface area (Å²) in [6, 6.07) is 14.7. The Hall–Kier alpha value is -1.81. The van der Waals surface area contributed by atoms with Gasteiger partial charge in [-0.1, -0.05) is 24.3 Å². The molecule has 0 atom stereocenters. The molecule has 4 heteroatoms. The van der Waals surface area contributed by atoms with Crippen molar-refractivity contribution >= 4 is 21.2 Å². The van der Waals surface area contributed by atoms with Crippen LogP contribution in [0.25, 0.3) is 0 Å². The average molecular weight is 230 g/mol. The summed E-state index contributed by atoms with van der Waals surface area (Å²) >= 11 is 0. The molecule has 3 nitrogen and oxygen atoms in total. The van der Waals surface area contributed by atoms with Crippen LogP contribution in [0, 0.1) is 6.07 Å². The van der Waals surface area contributed by atoms with Crippen LogP contribution in [0.3, 0.4) is 0 Å². The van der Waals surface area contributed by atoms with Crippen LogP contribution in [0.2, 0.25) is 0 Å². The van der Waals surface area contributed by atoms with Crippen molar-refractivity contribution in [2.75, 3.05) is 5.32 Å². The highest BCUT2D eigenvalue weighted by Gasteiger charge is 2.28. The van der Waals surface area contributed by atoms with Gasteiger partial charge in [0.1, 0.15) is 0 Å². The summed E-state index contributed by atoms with van der Waals surface area (Å²) in [5, 5.41) is 3.06. The van der Waals surface area contributed by atoms with Crippen molar-refractivity contribution in [1.29, 1.82) is 0 Å². The zero-order valence-electron chi connectivity index (χ0n) is 8.27. The molecule has 1 radical (unpaired) electrons. The van der Waals surface area contributed by atoms with Gasteiger partial charge >= 0.3 is 0 Å². The average Bonchev–Trinajstić information content (AvgIpc) is 2.29. The fraction of sp³-hybridized carbons (Fsp3) is 0. The zero-order chi connectivity index (χ0) is 11.2. The van der Waals surface area contributed by atoms with Crippen LogP contribution in [0.1, 0.15) is 0 Å². The van der Waals surface area contributed by atoms with Gasteiger partial charge in [0.05, 0.1) is 21.2 Å². The van der Waals surface area contributed by atoms with Crippen LogP contribution in [0.5, 0.6) is 0 Å². The number of nitrogens with one attached hydrogen (secondary N) is 1. The van der Waals surface area contributed by atoms with E-state index in [0.29, 0.717) is 16.3 Å². The van der Waals surface area contributed by atoms with Gasteiger partial charge in [-0.25, -0.2) is 8.42 Å². The third-order valence-electron chi connectivity index (χ3n) is 2.54. The lowest BCUT2D eigenvalue weighted by Crippen LogP contribution is -2.13. The lowest BCUT2D eigenvalue weighted by Gasteiger charge is -2.20. The number of hydrogen-bond donors (Lipinski definition) is 1. The van der Waals surface area contributed by atoms with Gasteiger partial charge in [0, 0.05) is 6.07 Å². The molecule has 0 amide bonds. The van der Waals surface area contributed by atoms with Crippen molar-refractivity contribution in [3.63, 3.8) is 0 Å². The summed E-state index contributed by atoms with van der Waals surface area (Å²) in [4.78, 5) is 0.607. The van der Waals surface area contributed by atoms with E-state index in [1.165, 1.54) is 0 Å². The molecule has 1 aliphatic rings. The number of hydrogen-bond acceptors (Lipinski definition) is 3. The highest BCUT2D eigenvalue weighted by molar-refractivity contribution is 7.92. The molecule has 16 heavy (non-hydrogen) atoms. The molecule has 2 aromatic carbocycles. The molecular formula is C12H8NO2S. The van der Waals surface area contributed by atoms with Gasteiger partial charge in [-0.15, -0.1) is 0 Å². The smallest absolute Gasteiger partial charge is 0.210 e. The van der Waals surface area contributed by atoms with Crippen molar-refractivity contribution in [1.82, 2.24) is 0 Å². The zero-order valence-corrected chi connectivity index (χ0v) is 9.08. The van der Waals surface area contributed by atoms with Gasteiger partial charge in [0.25, 0.3) is 0 Å². The Labute approximate surface area is 93.7 Å². The lowest BCUT2D eigenvalue weighted by atomic mass is 10.2. The minimum atomic E-state index is -3.40. The Morgan fingerprint density at radius 1 is 1.00 bits per heavy atom. The largest absolute Gasteiger partial charge is 0.353 e. The summed E-state index contributed by atoms with van der Waals surface area (Å²) in [5.74, 6) is 0. The number of rotatable bonds is 0. The van der Waals surface area contributed by atoms with E-state index in [2.05, 4.69) is 11.4 Å². The summed E-state index contributed by atoms with van der Waals surface area (Å²) in [6.07, 6.45) is 0. The van der Waals surface area contributed by atoms with E-state index in [4.69, 9.17) is 0 Å². The molecule has 1 heterocycles. The van der Waals surface area contributed by atoms with E-state index in [1.54, 1.807) is 42.5 Å². The number of sulfone groups is 1. The van der Waals surface area contributed by atoms with E-state index >= 15 is 0 Å². The molecule has 0 unspecified atom stereocenters. The summed E-state index contributed by atoms with van der Waals surface area (Å²) in [6.45, 7) is 0. The van der Waals surface area contributed by atoms with Crippen LogP contribution >= 0.6 is 0 Å². The molecule has 0 aliphatic carbocycles. The van der Waals surface area contributed by atoms with Crippen LogP contribution < -0.4 is 5.32 Å². The van der Waals surface area contributed by atoms with E-state index in [9.17, 15) is 8.42 Å². The fourth-order valence-electron chi connectivity index (χ4n) is 1.80. The quantitative estimate of drug-likeness (QED) is 0.645. The van der Waals surface area contributed by atoms with Gasteiger partial charge in [-0.3, -0.25) is 0 Å². The molecule has 2 aromatic rings. The van der Waals surface area contributed by atoms with Crippen molar-refractivity contribution in [2.24, 2.45) is 0 Å². The van der Waals surface area contributed by atoms with Crippen molar-refractivity contribution in [3.05, 3.63) is 48.5 Å². The third-order valence-corrected chi connectivity index (χ3v) is 4.40. The maximum absolute atomic E-state index is 12.2. The van der Waals surface area contributed by atoms with E-state index < -0.39 is 9.84 Å². The summed E-state index contributed by atoms with van der Waals surface area (Å²) in [5.41, 5.74) is 1.12. The second-order valence-electron chi connectivity index (χ2n) is 3.53. The molecule has 79 valence electrons.